The molecule has 0 amide bonds. The van der Waals surface area contributed by atoms with Crippen molar-refractivity contribution in [3.05, 3.63) is 56.5 Å². The summed E-state index contributed by atoms with van der Waals surface area (Å²) in [6.45, 7) is 4.10. The predicted molar refractivity (Wildman–Crippen MR) is 84.7 cm³/mol. The third kappa shape index (κ3) is 2.64. The lowest BCUT2D eigenvalue weighted by molar-refractivity contribution is 0.494. The first-order valence-electron chi connectivity index (χ1n) is 7.63. The SMILES string of the molecule is Cc1nn(CN2CCCc3cc(F)c(F)cc32)c(=O)c(C#N)c1C. The van der Waals surface area contributed by atoms with Gasteiger partial charge in [-0.15, -0.1) is 0 Å². The molecule has 124 valence electrons. The molecule has 7 heteroatoms. The van der Waals surface area contributed by atoms with Gasteiger partial charge in [-0.05, 0) is 43.9 Å². The van der Waals surface area contributed by atoms with Crippen LogP contribution < -0.4 is 10.5 Å². The lowest BCUT2D eigenvalue weighted by Gasteiger charge is -2.31. The molecule has 0 N–H and O–H groups in total. The fourth-order valence-corrected chi connectivity index (χ4v) is 2.96. The maximum Gasteiger partial charge on any atom is 0.286 e. The Hall–Kier alpha value is -2.75. The van der Waals surface area contributed by atoms with Gasteiger partial charge in [-0.1, -0.05) is 0 Å². The molecule has 0 saturated heterocycles. The van der Waals surface area contributed by atoms with Crippen molar-refractivity contribution in [2.45, 2.75) is 33.4 Å². The third-order valence-electron chi connectivity index (χ3n) is 4.39. The van der Waals surface area contributed by atoms with Crippen molar-refractivity contribution < 1.29 is 8.78 Å². The normalized spacial score (nSPS) is 13.5. The van der Waals surface area contributed by atoms with Crippen LogP contribution in [-0.2, 0) is 13.1 Å². The summed E-state index contributed by atoms with van der Waals surface area (Å²) in [6.07, 6.45) is 1.42. The molecule has 0 atom stereocenters. The van der Waals surface area contributed by atoms with Crippen LogP contribution in [0.3, 0.4) is 0 Å². The van der Waals surface area contributed by atoms with E-state index in [2.05, 4.69) is 5.10 Å². The number of hydrogen-bond acceptors (Lipinski definition) is 4. The molecule has 1 aromatic heterocycles. The molecule has 5 nitrogen and oxygen atoms in total. The molecule has 0 fully saturated rings. The van der Waals surface area contributed by atoms with Crippen LogP contribution in [0, 0.1) is 36.8 Å². The molecule has 3 rings (SSSR count). The minimum absolute atomic E-state index is 0.0602. The Bertz CT molecular complexity index is 914. The molecular weight excluding hydrogens is 314 g/mol. The minimum Gasteiger partial charge on any atom is -0.352 e. The van der Waals surface area contributed by atoms with E-state index in [-0.39, 0.29) is 12.2 Å². The highest BCUT2D eigenvalue weighted by Crippen LogP contribution is 2.29. The number of aryl methyl sites for hydroxylation is 2. The van der Waals surface area contributed by atoms with Crippen LogP contribution in [-0.4, -0.2) is 16.3 Å². The summed E-state index contributed by atoms with van der Waals surface area (Å²) in [6, 6.07) is 4.27. The van der Waals surface area contributed by atoms with Gasteiger partial charge in [-0.3, -0.25) is 4.79 Å². The Morgan fingerprint density at radius 2 is 2.00 bits per heavy atom. The molecule has 0 radical (unpaired) electrons. The average Bonchev–Trinajstić information content (AvgIpc) is 2.55. The van der Waals surface area contributed by atoms with Gasteiger partial charge in [0.05, 0.1) is 5.69 Å². The largest absolute Gasteiger partial charge is 0.352 e. The first-order chi connectivity index (χ1) is 11.4. The van der Waals surface area contributed by atoms with E-state index in [0.29, 0.717) is 35.5 Å². The van der Waals surface area contributed by atoms with Crippen LogP contribution in [0.15, 0.2) is 16.9 Å². The molecule has 1 aliphatic rings. The van der Waals surface area contributed by atoms with E-state index in [1.165, 1.54) is 10.7 Å². The summed E-state index contributed by atoms with van der Waals surface area (Å²) in [5.41, 5.74) is 2.00. The molecule has 0 aliphatic carbocycles. The number of aromatic nitrogens is 2. The van der Waals surface area contributed by atoms with Gasteiger partial charge >= 0.3 is 0 Å². The lowest BCUT2D eigenvalue weighted by Crippen LogP contribution is -2.38. The van der Waals surface area contributed by atoms with Gasteiger partial charge in [0.25, 0.3) is 5.56 Å². The maximum absolute atomic E-state index is 13.6. The second-order valence-electron chi connectivity index (χ2n) is 5.91. The van der Waals surface area contributed by atoms with Crippen LogP contribution in [0.2, 0.25) is 0 Å². The highest BCUT2D eigenvalue weighted by atomic mass is 19.2. The Kier molecular flexibility index (Phi) is 4.06. The second-order valence-corrected chi connectivity index (χ2v) is 5.91. The number of hydrogen-bond donors (Lipinski definition) is 0. The van der Waals surface area contributed by atoms with Crippen molar-refractivity contribution in [3.8, 4) is 6.07 Å². The summed E-state index contributed by atoms with van der Waals surface area (Å²) in [4.78, 5) is 14.2. The Morgan fingerprint density at radius 1 is 1.29 bits per heavy atom. The molecule has 1 aliphatic heterocycles. The van der Waals surface area contributed by atoms with Crippen LogP contribution in [0.5, 0.6) is 0 Å². The van der Waals surface area contributed by atoms with Gasteiger partial charge in [0.2, 0.25) is 0 Å². The number of rotatable bonds is 2. The van der Waals surface area contributed by atoms with Crippen molar-refractivity contribution >= 4 is 5.69 Å². The number of anilines is 1. The van der Waals surface area contributed by atoms with Crippen molar-refractivity contribution in [1.29, 1.82) is 5.26 Å². The summed E-state index contributed by atoms with van der Waals surface area (Å²) >= 11 is 0. The Morgan fingerprint density at radius 3 is 2.71 bits per heavy atom. The van der Waals surface area contributed by atoms with Crippen LogP contribution in [0.1, 0.15) is 28.8 Å². The molecule has 1 aromatic carbocycles. The summed E-state index contributed by atoms with van der Waals surface area (Å²) in [5, 5.41) is 13.4. The van der Waals surface area contributed by atoms with E-state index >= 15 is 0 Å². The predicted octanol–water partition coefficient (Wildman–Crippen LogP) is 2.42. The molecular formula is C17H16F2N4O. The van der Waals surface area contributed by atoms with E-state index in [1.54, 1.807) is 18.7 Å². The van der Waals surface area contributed by atoms with E-state index in [9.17, 15) is 18.8 Å². The van der Waals surface area contributed by atoms with Crippen molar-refractivity contribution in [1.82, 2.24) is 9.78 Å². The van der Waals surface area contributed by atoms with E-state index in [1.807, 2.05) is 6.07 Å². The van der Waals surface area contributed by atoms with Crippen molar-refractivity contribution in [2.24, 2.45) is 0 Å². The van der Waals surface area contributed by atoms with E-state index in [4.69, 9.17) is 0 Å². The highest BCUT2D eigenvalue weighted by molar-refractivity contribution is 5.55. The maximum atomic E-state index is 13.6. The molecule has 2 heterocycles. The van der Waals surface area contributed by atoms with Crippen LogP contribution >= 0.6 is 0 Å². The highest BCUT2D eigenvalue weighted by Gasteiger charge is 2.21. The van der Waals surface area contributed by atoms with E-state index < -0.39 is 17.2 Å². The standard InChI is InChI=1S/C17H16F2N4O/c1-10-11(2)21-23(17(24)13(10)8-20)9-22-5-3-4-12-6-14(18)15(19)7-16(12)22/h6-7H,3-5,9H2,1-2H3. The van der Waals surface area contributed by atoms with Gasteiger partial charge in [0, 0.05) is 18.3 Å². The van der Waals surface area contributed by atoms with Crippen molar-refractivity contribution in [3.63, 3.8) is 0 Å². The first kappa shape index (κ1) is 16.1. The first-order valence-corrected chi connectivity index (χ1v) is 7.63. The molecule has 24 heavy (non-hydrogen) atoms. The number of halogens is 2. The lowest BCUT2D eigenvalue weighted by atomic mass is 10.0. The second kappa shape index (κ2) is 6.04. The monoisotopic (exact) mass is 330 g/mol. The van der Waals surface area contributed by atoms with Crippen LogP contribution in [0.25, 0.3) is 0 Å². The third-order valence-corrected chi connectivity index (χ3v) is 4.39. The fraction of sp³-hybridized carbons (Fsp3) is 0.353. The molecule has 2 aromatic rings. The zero-order chi connectivity index (χ0) is 17.4. The van der Waals surface area contributed by atoms with Gasteiger partial charge in [-0.25, -0.2) is 13.5 Å². The van der Waals surface area contributed by atoms with Crippen LogP contribution in [0.4, 0.5) is 14.5 Å². The Balaban J connectivity index is 2.03. The molecule has 0 spiro atoms. The summed E-state index contributed by atoms with van der Waals surface area (Å²) in [5.74, 6) is -1.79. The fourth-order valence-electron chi connectivity index (χ4n) is 2.96. The van der Waals surface area contributed by atoms with Gasteiger partial charge in [-0.2, -0.15) is 10.4 Å². The number of nitriles is 1. The topological polar surface area (TPSA) is 61.9 Å². The van der Waals surface area contributed by atoms with Gasteiger partial charge in [0.15, 0.2) is 11.6 Å². The quantitative estimate of drug-likeness (QED) is 0.848. The number of nitrogens with zero attached hydrogens (tertiary/aromatic N) is 4. The molecule has 0 unspecified atom stereocenters. The minimum atomic E-state index is -0.918. The van der Waals surface area contributed by atoms with Crippen molar-refractivity contribution in [2.75, 3.05) is 11.4 Å². The summed E-state index contributed by atoms with van der Waals surface area (Å²) < 4.78 is 28.2. The Labute approximate surface area is 137 Å². The zero-order valence-corrected chi connectivity index (χ0v) is 13.4. The van der Waals surface area contributed by atoms with E-state index in [0.717, 1.165) is 12.5 Å². The smallest absolute Gasteiger partial charge is 0.286 e. The molecule has 0 saturated carbocycles. The number of benzene rings is 1. The summed E-state index contributed by atoms with van der Waals surface area (Å²) in [7, 11) is 0. The van der Waals surface area contributed by atoms with Gasteiger partial charge in [0.1, 0.15) is 18.3 Å². The molecule has 0 bridgehead atoms. The average molecular weight is 330 g/mol. The zero-order valence-electron chi connectivity index (χ0n) is 13.4. The number of fused-ring (bicyclic) bond motifs is 1. The van der Waals surface area contributed by atoms with Gasteiger partial charge < -0.3 is 4.90 Å².